The molecule has 17 heavy (non-hydrogen) atoms. The summed E-state index contributed by atoms with van der Waals surface area (Å²) in [6, 6.07) is 0. The number of hydrogen-bond acceptors (Lipinski definition) is 3. The molecule has 0 amide bonds. The zero-order valence-corrected chi connectivity index (χ0v) is 13.0. The van der Waals surface area contributed by atoms with Crippen LogP contribution in [-0.2, 0) is 4.74 Å². The summed E-state index contributed by atoms with van der Waals surface area (Å²) in [5.74, 6) is 0.888. The topological polar surface area (TPSA) is 57.1 Å². The van der Waals surface area contributed by atoms with Gasteiger partial charge in [0.1, 0.15) is 0 Å². The van der Waals surface area contributed by atoms with Gasteiger partial charge < -0.3 is 20.1 Å². The van der Waals surface area contributed by atoms with Gasteiger partial charge in [-0.05, 0) is 20.3 Å². The molecule has 0 saturated carbocycles. The number of likely N-dealkylation sites (tertiary alicyclic amines) is 1. The Kier molecular flexibility index (Phi) is 9.85. The fourth-order valence-electron chi connectivity index (χ4n) is 1.72. The summed E-state index contributed by atoms with van der Waals surface area (Å²) in [6.45, 7) is 8.48. The van der Waals surface area contributed by atoms with Crippen LogP contribution in [0.15, 0.2) is 4.99 Å². The Bertz CT molecular complexity index is 227. The van der Waals surface area contributed by atoms with Crippen molar-refractivity contribution < 1.29 is 9.84 Å². The van der Waals surface area contributed by atoms with Crippen molar-refractivity contribution in [3.63, 3.8) is 0 Å². The number of aliphatic hydroxyl groups excluding tert-OH is 1. The van der Waals surface area contributed by atoms with Gasteiger partial charge in [0, 0.05) is 26.2 Å². The number of halogens is 1. The van der Waals surface area contributed by atoms with Crippen molar-refractivity contribution in [2.75, 3.05) is 39.4 Å². The van der Waals surface area contributed by atoms with Crippen LogP contribution in [0, 0.1) is 0 Å². The molecular weight excluding hydrogens is 333 g/mol. The van der Waals surface area contributed by atoms with E-state index < -0.39 is 0 Å². The molecule has 1 atom stereocenters. The highest BCUT2D eigenvalue weighted by Crippen LogP contribution is 2.08. The first-order valence-corrected chi connectivity index (χ1v) is 6.07. The Morgan fingerprint density at radius 1 is 1.53 bits per heavy atom. The quantitative estimate of drug-likeness (QED) is 0.329. The maximum Gasteiger partial charge on any atom is 0.194 e. The molecule has 0 radical (unpaired) electrons. The van der Waals surface area contributed by atoms with Gasteiger partial charge in [-0.3, -0.25) is 4.99 Å². The van der Waals surface area contributed by atoms with Gasteiger partial charge in [0.2, 0.25) is 0 Å². The van der Waals surface area contributed by atoms with Crippen LogP contribution in [0.4, 0.5) is 0 Å². The van der Waals surface area contributed by atoms with Crippen LogP contribution in [0.2, 0.25) is 0 Å². The van der Waals surface area contributed by atoms with E-state index in [0.717, 1.165) is 32.1 Å². The highest BCUT2D eigenvalue weighted by atomic mass is 127. The Morgan fingerprint density at radius 3 is 2.82 bits per heavy atom. The van der Waals surface area contributed by atoms with Gasteiger partial charge in [0.15, 0.2) is 5.96 Å². The number of aliphatic imine (C=N–C) groups is 1. The molecule has 0 spiro atoms. The molecule has 0 aliphatic carbocycles. The van der Waals surface area contributed by atoms with Gasteiger partial charge in [-0.25, -0.2) is 0 Å². The number of β-amino-alcohol motifs (C(OH)–C–C–N with tert-alkyl or cyclic N) is 1. The monoisotopic (exact) mass is 357 g/mol. The molecule has 1 heterocycles. The zero-order valence-electron chi connectivity index (χ0n) is 10.7. The van der Waals surface area contributed by atoms with Gasteiger partial charge in [0.05, 0.1) is 19.3 Å². The fraction of sp³-hybridized carbons (Fsp3) is 0.909. The zero-order chi connectivity index (χ0) is 11.8. The lowest BCUT2D eigenvalue weighted by molar-refractivity contribution is 0.155. The first-order chi connectivity index (χ1) is 7.77. The molecule has 102 valence electrons. The first kappa shape index (κ1) is 16.9. The average Bonchev–Trinajstić information content (AvgIpc) is 2.69. The van der Waals surface area contributed by atoms with Crippen molar-refractivity contribution in [2.24, 2.45) is 4.99 Å². The fourth-order valence-corrected chi connectivity index (χ4v) is 1.72. The van der Waals surface area contributed by atoms with Crippen molar-refractivity contribution in [3.05, 3.63) is 0 Å². The predicted octanol–water partition coefficient (Wildman–Crippen LogP) is 0.673. The highest BCUT2D eigenvalue weighted by molar-refractivity contribution is 14.0. The van der Waals surface area contributed by atoms with E-state index in [0.29, 0.717) is 19.7 Å². The van der Waals surface area contributed by atoms with Crippen molar-refractivity contribution in [2.45, 2.75) is 26.4 Å². The van der Waals surface area contributed by atoms with Gasteiger partial charge >= 0.3 is 0 Å². The largest absolute Gasteiger partial charge is 0.391 e. The van der Waals surface area contributed by atoms with Crippen LogP contribution in [0.1, 0.15) is 20.3 Å². The second-order valence-corrected chi connectivity index (χ2v) is 3.82. The van der Waals surface area contributed by atoms with Gasteiger partial charge in [-0.2, -0.15) is 0 Å². The van der Waals surface area contributed by atoms with E-state index in [9.17, 15) is 5.11 Å². The molecule has 1 aliphatic heterocycles. The molecule has 6 heteroatoms. The van der Waals surface area contributed by atoms with Crippen LogP contribution >= 0.6 is 24.0 Å². The minimum absolute atomic E-state index is 0. The van der Waals surface area contributed by atoms with Gasteiger partial charge in [0.25, 0.3) is 0 Å². The van der Waals surface area contributed by atoms with E-state index in [2.05, 4.69) is 15.2 Å². The normalized spacial score (nSPS) is 20.3. The van der Waals surface area contributed by atoms with Gasteiger partial charge in [-0.15, -0.1) is 24.0 Å². The van der Waals surface area contributed by atoms with Crippen LogP contribution < -0.4 is 5.32 Å². The average molecular weight is 357 g/mol. The second-order valence-electron chi connectivity index (χ2n) is 3.82. The summed E-state index contributed by atoms with van der Waals surface area (Å²) in [5, 5.41) is 12.7. The number of hydrogen-bond donors (Lipinski definition) is 2. The molecular formula is C11H24IN3O2. The number of guanidine groups is 1. The molecule has 0 unspecified atom stereocenters. The Balaban J connectivity index is 0.00000256. The lowest BCUT2D eigenvalue weighted by atomic mass is 10.3. The molecule has 0 aromatic heterocycles. The predicted molar refractivity (Wildman–Crippen MR) is 80.1 cm³/mol. The molecule has 1 rings (SSSR count). The number of rotatable bonds is 5. The Labute approximate surface area is 121 Å². The van der Waals surface area contributed by atoms with E-state index >= 15 is 0 Å². The third-order valence-electron chi connectivity index (χ3n) is 2.50. The van der Waals surface area contributed by atoms with E-state index in [-0.39, 0.29) is 30.1 Å². The van der Waals surface area contributed by atoms with Gasteiger partial charge in [-0.1, -0.05) is 0 Å². The summed E-state index contributed by atoms with van der Waals surface area (Å²) in [4.78, 5) is 6.56. The number of nitrogens with zero attached hydrogens (tertiary/aromatic N) is 2. The van der Waals surface area contributed by atoms with E-state index in [1.807, 2.05) is 13.8 Å². The molecule has 0 aromatic carbocycles. The van der Waals surface area contributed by atoms with Crippen molar-refractivity contribution >= 4 is 29.9 Å². The minimum atomic E-state index is -0.212. The lowest BCUT2D eigenvalue weighted by Gasteiger charge is -2.20. The van der Waals surface area contributed by atoms with E-state index in [4.69, 9.17) is 4.74 Å². The molecule has 0 bridgehead atoms. The summed E-state index contributed by atoms with van der Waals surface area (Å²) in [6.07, 6.45) is 0.617. The maximum atomic E-state index is 9.48. The van der Waals surface area contributed by atoms with Crippen LogP contribution in [0.5, 0.6) is 0 Å². The summed E-state index contributed by atoms with van der Waals surface area (Å²) < 4.78 is 5.24. The minimum Gasteiger partial charge on any atom is -0.391 e. The van der Waals surface area contributed by atoms with E-state index in [1.165, 1.54) is 0 Å². The first-order valence-electron chi connectivity index (χ1n) is 6.07. The lowest BCUT2D eigenvalue weighted by Crippen LogP contribution is -2.40. The third-order valence-corrected chi connectivity index (χ3v) is 2.50. The van der Waals surface area contributed by atoms with Crippen LogP contribution in [0.3, 0.4) is 0 Å². The number of ether oxygens (including phenoxy) is 1. The van der Waals surface area contributed by atoms with Crippen molar-refractivity contribution in [1.82, 2.24) is 10.2 Å². The summed E-state index contributed by atoms with van der Waals surface area (Å²) in [7, 11) is 0. The number of nitrogens with one attached hydrogen (secondary N) is 1. The van der Waals surface area contributed by atoms with E-state index in [1.54, 1.807) is 0 Å². The Hall–Kier alpha value is -0.0800. The SMILES string of the molecule is CCNC(=NCCOCC)N1CC[C@@H](O)C1.I. The molecule has 5 nitrogen and oxygen atoms in total. The smallest absolute Gasteiger partial charge is 0.194 e. The third kappa shape index (κ3) is 6.42. The summed E-state index contributed by atoms with van der Waals surface area (Å²) in [5.41, 5.74) is 0. The summed E-state index contributed by atoms with van der Waals surface area (Å²) >= 11 is 0. The highest BCUT2D eigenvalue weighted by Gasteiger charge is 2.22. The molecule has 1 fully saturated rings. The van der Waals surface area contributed by atoms with Crippen LogP contribution in [0.25, 0.3) is 0 Å². The Morgan fingerprint density at radius 2 is 2.29 bits per heavy atom. The maximum absolute atomic E-state index is 9.48. The number of aliphatic hydroxyl groups is 1. The van der Waals surface area contributed by atoms with Crippen molar-refractivity contribution in [3.8, 4) is 0 Å². The standard InChI is InChI=1S/C11H23N3O2.HI/c1-3-12-11(13-6-8-16-4-2)14-7-5-10(15)9-14;/h10,15H,3-9H2,1-2H3,(H,12,13);1H/t10-;/m1./s1. The van der Waals surface area contributed by atoms with Crippen molar-refractivity contribution in [1.29, 1.82) is 0 Å². The molecule has 1 saturated heterocycles. The molecule has 1 aliphatic rings. The molecule has 0 aromatic rings. The van der Waals surface area contributed by atoms with Crippen LogP contribution in [-0.4, -0.2) is 61.5 Å². The molecule has 2 N–H and O–H groups in total. The second kappa shape index (κ2) is 9.90.